The van der Waals surface area contributed by atoms with Crippen LogP contribution >= 0.6 is 0 Å². The third kappa shape index (κ3) is 6.21. The average molecular weight is 346 g/mol. The molecular weight excluding hydrogens is 320 g/mol. The predicted octanol–water partition coefficient (Wildman–Crippen LogP) is 2.88. The van der Waals surface area contributed by atoms with Crippen molar-refractivity contribution in [3.8, 4) is 0 Å². The molecule has 0 amide bonds. The van der Waals surface area contributed by atoms with Crippen molar-refractivity contribution in [2.75, 3.05) is 0 Å². The van der Waals surface area contributed by atoms with E-state index in [1.54, 1.807) is 6.21 Å². The second-order valence-electron chi connectivity index (χ2n) is 7.02. The SMILES string of the molecule is CC1(CCCCc2ccc(C=NN)cc2)CC(CC(=O)O)CC(=O)O1. The molecule has 136 valence electrons. The maximum absolute atomic E-state index is 11.8. The number of hydrogen-bond donors (Lipinski definition) is 2. The van der Waals surface area contributed by atoms with E-state index in [1.807, 2.05) is 19.1 Å². The highest BCUT2D eigenvalue weighted by atomic mass is 16.6. The predicted molar refractivity (Wildman–Crippen MR) is 95.3 cm³/mol. The van der Waals surface area contributed by atoms with Crippen molar-refractivity contribution in [1.29, 1.82) is 0 Å². The van der Waals surface area contributed by atoms with Crippen LogP contribution in [0, 0.1) is 5.92 Å². The molecule has 0 bridgehead atoms. The fraction of sp³-hybridized carbons (Fsp3) is 0.526. The van der Waals surface area contributed by atoms with Gasteiger partial charge in [0, 0.05) is 12.8 Å². The van der Waals surface area contributed by atoms with Crippen molar-refractivity contribution in [3.63, 3.8) is 0 Å². The number of carbonyl (C=O) groups excluding carboxylic acids is 1. The van der Waals surface area contributed by atoms with E-state index in [-0.39, 0.29) is 24.7 Å². The van der Waals surface area contributed by atoms with Crippen LogP contribution < -0.4 is 5.84 Å². The molecule has 1 aliphatic rings. The number of carboxylic acids is 1. The fourth-order valence-electron chi connectivity index (χ4n) is 3.51. The Labute approximate surface area is 148 Å². The second-order valence-corrected chi connectivity index (χ2v) is 7.02. The maximum atomic E-state index is 11.8. The molecule has 1 fully saturated rings. The zero-order valence-electron chi connectivity index (χ0n) is 14.6. The first kappa shape index (κ1) is 19.0. The first-order valence-corrected chi connectivity index (χ1v) is 8.66. The lowest BCUT2D eigenvalue weighted by Crippen LogP contribution is -2.40. The number of nitrogens with zero attached hydrogens (tertiary/aromatic N) is 1. The summed E-state index contributed by atoms with van der Waals surface area (Å²) in [6.07, 6.45) is 6.09. The lowest BCUT2D eigenvalue weighted by atomic mass is 9.82. The largest absolute Gasteiger partial charge is 0.481 e. The number of benzene rings is 1. The van der Waals surface area contributed by atoms with Crippen LogP contribution in [0.25, 0.3) is 0 Å². The summed E-state index contributed by atoms with van der Waals surface area (Å²) in [7, 11) is 0. The van der Waals surface area contributed by atoms with Gasteiger partial charge in [0.25, 0.3) is 0 Å². The van der Waals surface area contributed by atoms with Crippen LogP contribution in [0.2, 0.25) is 0 Å². The van der Waals surface area contributed by atoms with Crippen LogP contribution in [-0.4, -0.2) is 28.9 Å². The van der Waals surface area contributed by atoms with E-state index in [9.17, 15) is 9.59 Å². The summed E-state index contributed by atoms with van der Waals surface area (Å²) >= 11 is 0. The number of aliphatic carboxylic acids is 1. The van der Waals surface area contributed by atoms with E-state index in [0.29, 0.717) is 6.42 Å². The fourth-order valence-corrected chi connectivity index (χ4v) is 3.51. The van der Waals surface area contributed by atoms with Crippen LogP contribution in [-0.2, 0) is 20.7 Å². The molecule has 2 atom stereocenters. The zero-order chi connectivity index (χ0) is 18.3. The van der Waals surface area contributed by atoms with Gasteiger partial charge in [0.05, 0.1) is 6.21 Å². The van der Waals surface area contributed by atoms with Gasteiger partial charge in [-0.05, 0) is 56.1 Å². The number of hydrogen-bond acceptors (Lipinski definition) is 5. The molecule has 25 heavy (non-hydrogen) atoms. The third-order valence-electron chi connectivity index (χ3n) is 4.62. The van der Waals surface area contributed by atoms with Crippen molar-refractivity contribution in [2.24, 2.45) is 16.9 Å². The van der Waals surface area contributed by atoms with Gasteiger partial charge >= 0.3 is 11.9 Å². The normalized spacial score (nSPS) is 23.6. The molecule has 0 saturated carbocycles. The molecule has 1 heterocycles. The highest BCUT2D eigenvalue weighted by molar-refractivity contribution is 5.79. The Morgan fingerprint density at radius 1 is 1.40 bits per heavy atom. The number of esters is 1. The number of rotatable bonds is 8. The van der Waals surface area contributed by atoms with Gasteiger partial charge in [-0.3, -0.25) is 9.59 Å². The molecule has 0 radical (unpaired) electrons. The number of hydrazone groups is 1. The number of unbranched alkanes of at least 4 members (excludes halogenated alkanes) is 1. The van der Waals surface area contributed by atoms with Gasteiger partial charge in [0.1, 0.15) is 5.60 Å². The van der Waals surface area contributed by atoms with E-state index >= 15 is 0 Å². The zero-order valence-corrected chi connectivity index (χ0v) is 14.6. The molecular formula is C19H26N2O4. The van der Waals surface area contributed by atoms with Gasteiger partial charge in [0.15, 0.2) is 0 Å². The Hall–Kier alpha value is -2.37. The molecule has 6 heteroatoms. The molecule has 1 aromatic rings. The first-order chi connectivity index (χ1) is 11.9. The third-order valence-corrected chi connectivity index (χ3v) is 4.62. The van der Waals surface area contributed by atoms with Crippen LogP contribution in [0.1, 0.15) is 56.6 Å². The van der Waals surface area contributed by atoms with Gasteiger partial charge in [-0.1, -0.05) is 24.3 Å². The quantitative estimate of drug-likeness (QED) is 0.248. The van der Waals surface area contributed by atoms with Gasteiger partial charge in [-0.15, -0.1) is 0 Å². The summed E-state index contributed by atoms with van der Waals surface area (Å²) in [6, 6.07) is 8.07. The Morgan fingerprint density at radius 3 is 2.76 bits per heavy atom. The number of aryl methyl sites for hydroxylation is 1. The summed E-state index contributed by atoms with van der Waals surface area (Å²) in [5.74, 6) is 3.87. The van der Waals surface area contributed by atoms with E-state index in [2.05, 4.69) is 17.2 Å². The minimum absolute atomic E-state index is 0.0309. The molecule has 1 saturated heterocycles. The monoisotopic (exact) mass is 346 g/mol. The van der Waals surface area contributed by atoms with Crippen LogP contribution in [0.15, 0.2) is 29.4 Å². The van der Waals surface area contributed by atoms with Crippen molar-refractivity contribution < 1.29 is 19.4 Å². The lowest BCUT2D eigenvalue weighted by Gasteiger charge is -2.37. The summed E-state index contributed by atoms with van der Waals surface area (Å²) in [6.45, 7) is 1.92. The van der Waals surface area contributed by atoms with Gasteiger partial charge < -0.3 is 15.7 Å². The summed E-state index contributed by atoms with van der Waals surface area (Å²) < 4.78 is 5.52. The summed E-state index contributed by atoms with van der Waals surface area (Å²) in [4.78, 5) is 22.7. The molecule has 1 aliphatic heterocycles. The first-order valence-electron chi connectivity index (χ1n) is 8.66. The highest BCUT2D eigenvalue weighted by Gasteiger charge is 2.38. The van der Waals surface area contributed by atoms with Crippen molar-refractivity contribution in [3.05, 3.63) is 35.4 Å². The van der Waals surface area contributed by atoms with E-state index in [4.69, 9.17) is 15.7 Å². The van der Waals surface area contributed by atoms with E-state index < -0.39 is 11.6 Å². The molecule has 0 spiro atoms. The Balaban J connectivity index is 1.79. The van der Waals surface area contributed by atoms with E-state index in [0.717, 1.165) is 31.2 Å². The maximum Gasteiger partial charge on any atom is 0.306 e. The lowest BCUT2D eigenvalue weighted by molar-refractivity contribution is -0.171. The molecule has 6 nitrogen and oxygen atoms in total. The molecule has 2 rings (SSSR count). The molecule has 2 unspecified atom stereocenters. The molecule has 0 aromatic heterocycles. The van der Waals surface area contributed by atoms with Crippen molar-refractivity contribution in [1.82, 2.24) is 0 Å². The molecule has 3 N–H and O–H groups in total. The minimum Gasteiger partial charge on any atom is -0.481 e. The highest BCUT2D eigenvalue weighted by Crippen LogP contribution is 2.35. The number of carbonyl (C=O) groups is 2. The van der Waals surface area contributed by atoms with Gasteiger partial charge in [-0.2, -0.15) is 5.10 Å². The second kappa shape index (κ2) is 8.65. The standard InChI is InChI=1S/C19H26N2O4/c1-19(12-16(10-17(22)23)11-18(24)25-19)9-3-2-4-14-5-7-15(8-6-14)13-21-20/h5-8,13,16H,2-4,9-12,20H2,1H3,(H,22,23). The number of ether oxygens (including phenoxy) is 1. The Bertz CT molecular complexity index is 625. The van der Waals surface area contributed by atoms with Crippen LogP contribution in [0.5, 0.6) is 0 Å². The van der Waals surface area contributed by atoms with Crippen LogP contribution in [0.3, 0.4) is 0 Å². The number of carboxylic acid groups (broad SMARTS) is 1. The van der Waals surface area contributed by atoms with Crippen molar-refractivity contribution >= 4 is 18.2 Å². The minimum atomic E-state index is -0.856. The Morgan fingerprint density at radius 2 is 2.12 bits per heavy atom. The van der Waals surface area contributed by atoms with Gasteiger partial charge in [-0.25, -0.2) is 0 Å². The summed E-state index contributed by atoms with van der Waals surface area (Å²) in [5, 5.41) is 12.4. The topological polar surface area (TPSA) is 102 Å². The van der Waals surface area contributed by atoms with Gasteiger partial charge in [0.2, 0.25) is 0 Å². The number of cyclic esters (lactones) is 1. The molecule has 1 aromatic carbocycles. The smallest absolute Gasteiger partial charge is 0.306 e. The Kier molecular flexibility index (Phi) is 6.56. The summed E-state index contributed by atoms with van der Waals surface area (Å²) in [5.41, 5.74) is 1.66. The van der Waals surface area contributed by atoms with Crippen molar-refractivity contribution in [2.45, 2.75) is 57.5 Å². The number of nitrogens with two attached hydrogens (primary N) is 1. The van der Waals surface area contributed by atoms with Crippen LogP contribution in [0.4, 0.5) is 0 Å². The van der Waals surface area contributed by atoms with E-state index in [1.165, 1.54) is 5.56 Å². The average Bonchev–Trinajstić information content (AvgIpc) is 2.52. The molecule has 0 aliphatic carbocycles.